The van der Waals surface area contributed by atoms with Gasteiger partial charge in [0.15, 0.2) is 5.13 Å². The summed E-state index contributed by atoms with van der Waals surface area (Å²) in [6.45, 7) is 3.23. The predicted molar refractivity (Wildman–Crippen MR) is 103 cm³/mol. The molecule has 0 unspecified atom stereocenters. The van der Waals surface area contributed by atoms with Crippen LogP contribution in [-0.2, 0) is 10.3 Å². The van der Waals surface area contributed by atoms with Crippen molar-refractivity contribution >= 4 is 22.4 Å². The van der Waals surface area contributed by atoms with Crippen molar-refractivity contribution in [1.82, 2.24) is 20.1 Å². The minimum absolute atomic E-state index is 0.108. The van der Waals surface area contributed by atoms with E-state index in [4.69, 9.17) is 0 Å². The SMILES string of the molecule is Cc1cc(-c2csc(NC(=O)C3(n4cccn4)CCNCC3)n2)ccc1F. The normalized spacial score (nSPS) is 16.2. The quantitative estimate of drug-likeness (QED) is 0.724. The van der Waals surface area contributed by atoms with E-state index < -0.39 is 5.54 Å². The van der Waals surface area contributed by atoms with E-state index in [0.29, 0.717) is 23.5 Å². The van der Waals surface area contributed by atoms with E-state index in [0.717, 1.165) is 24.3 Å². The van der Waals surface area contributed by atoms with Crippen molar-refractivity contribution in [2.45, 2.75) is 25.3 Å². The Hall–Kier alpha value is -2.58. The van der Waals surface area contributed by atoms with Crippen molar-refractivity contribution in [1.29, 1.82) is 0 Å². The van der Waals surface area contributed by atoms with E-state index in [-0.39, 0.29) is 11.7 Å². The molecule has 1 aromatic carbocycles. The second-order valence-corrected chi connectivity index (χ2v) is 7.55. The van der Waals surface area contributed by atoms with E-state index in [1.165, 1.54) is 17.4 Å². The van der Waals surface area contributed by atoms with Crippen LogP contribution in [0.3, 0.4) is 0 Å². The van der Waals surface area contributed by atoms with Crippen molar-refractivity contribution in [2.75, 3.05) is 18.4 Å². The number of carbonyl (C=O) groups is 1. The molecule has 0 spiro atoms. The largest absolute Gasteiger partial charge is 0.317 e. The van der Waals surface area contributed by atoms with Crippen molar-refractivity contribution in [3.63, 3.8) is 0 Å². The number of nitrogens with one attached hydrogen (secondary N) is 2. The molecule has 3 aromatic rings. The molecule has 0 saturated carbocycles. The molecular formula is C19H20FN5OS. The fourth-order valence-electron chi connectivity index (χ4n) is 3.40. The Kier molecular flexibility index (Phi) is 4.75. The Balaban J connectivity index is 1.57. The van der Waals surface area contributed by atoms with Crippen LogP contribution in [0.4, 0.5) is 9.52 Å². The summed E-state index contributed by atoms with van der Waals surface area (Å²) in [4.78, 5) is 17.7. The van der Waals surface area contributed by atoms with Gasteiger partial charge in [0.1, 0.15) is 11.4 Å². The number of anilines is 1. The molecule has 1 aliphatic heterocycles. The standard InChI is InChI=1S/C19H20FN5OS/c1-13-11-14(3-4-15(13)20)16-12-27-18(23-16)24-17(26)19(5-8-21-9-6-19)25-10-2-7-22-25/h2-4,7,10-12,21H,5-6,8-9H2,1H3,(H,23,24,26). The van der Waals surface area contributed by atoms with Gasteiger partial charge in [-0.2, -0.15) is 5.10 Å². The fourth-order valence-corrected chi connectivity index (χ4v) is 4.12. The molecule has 140 valence electrons. The van der Waals surface area contributed by atoms with Gasteiger partial charge in [0.05, 0.1) is 5.69 Å². The number of hydrogen-bond donors (Lipinski definition) is 2. The minimum atomic E-state index is -0.715. The number of amides is 1. The van der Waals surface area contributed by atoms with Crippen LogP contribution < -0.4 is 10.6 Å². The molecule has 4 rings (SSSR count). The second-order valence-electron chi connectivity index (χ2n) is 6.69. The van der Waals surface area contributed by atoms with Gasteiger partial charge in [-0.3, -0.25) is 14.8 Å². The van der Waals surface area contributed by atoms with E-state index in [9.17, 15) is 9.18 Å². The van der Waals surface area contributed by atoms with E-state index >= 15 is 0 Å². The van der Waals surface area contributed by atoms with Gasteiger partial charge in [0.2, 0.25) is 0 Å². The van der Waals surface area contributed by atoms with Crippen LogP contribution >= 0.6 is 11.3 Å². The van der Waals surface area contributed by atoms with E-state index in [1.54, 1.807) is 29.9 Å². The predicted octanol–water partition coefficient (Wildman–Crippen LogP) is 3.17. The van der Waals surface area contributed by atoms with Crippen LogP contribution in [-0.4, -0.2) is 33.8 Å². The number of piperidine rings is 1. The molecule has 1 amide bonds. The van der Waals surface area contributed by atoms with Gasteiger partial charge in [-0.15, -0.1) is 11.3 Å². The summed E-state index contributed by atoms with van der Waals surface area (Å²) >= 11 is 1.36. The van der Waals surface area contributed by atoms with Crippen LogP contribution in [0.25, 0.3) is 11.3 Å². The average molecular weight is 385 g/mol. The molecule has 2 N–H and O–H groups in total. The molecule has 1 aliphatic rings. The van der Waals surface area contributed by atoms with Gasteiger partial charge in [0.25, 0.3) is 5.91 Å². The smallest absolute Gasteiger partial charge is 0.254 e. The van der Waals surface area contributed by atoms with Crippen molar-refractivity contribution < 1.29 is 9.18 Å². The third-order valence-electron chi connectivity index (χ3n) is 4.97. The maximum atomic E-state index is 13.5. The van der Waals surface area contributed by atoms with Gasteiger partial charge in [-0.1, -0.05) is 0 Å². The Morgan fingerprint density at radius 2 is 2.19 bits per heavy atom. The highest BCUT2D eigenvalue weighted by molar-refractivity contribution is 7.14. The highest BCUT2D eigenvalue weighted by Gasteiger charge is 2.42. The highest BCUT2D eigenvalue weighted by atomic mass is 32.1. The Morgan fingerprint density at radius 1 is 1.37 bits per heavy atom. The second kappa shape index (κ2) is 7.21. The van der Waals surface area contributed by atoms with Gasteiger partial charge in [0, 0.05) is 23.3 Å². The zero-order valence-corrected chi connectivity index (χ0v) is 15.7. The first-order chi connectivity index (χ1) is 13.1. The van der Waals surface area contributed by atoms with Crippen LogP contribution in [0.5, 0.6) is 0 Å². The number of benzene rings is 1. The zero-order valence-electron chi connectivity index (χ0n) is 14.9. The summed E-state index contributed by atoms with van der Waals surface area (Å²) in [5.74, 6) is -0.349. The molecule has 1 fully saturated rings. The van der Waals surface area contributed by atoms with Gasteiger partial charge in [-0.05, 0) is 62.7 Å². The Bertz CT molecular complexity index is 947. The molecular weight excluding hydrogens is 365 g/mol. The number of thiazole rings is 1. The van der Waals surface area contributed by atoms with Crippen molar-refractivity contribution in [3.8, 4) is 11.3 Å². The summed E-state index contributed by atoms with van der Waals surface area (Å²) in [5.41, 5.74) is 1.40. The summed E-state index contributed by atoms with van der Waals surface area (Å²) in [6.07, 6.45) is 4.85. The van der Waals surface area contributed by atoms with Crippen molar-refractivity contribution in [3.05, 3.63) is 53.4 Å². The third kappa shape index (κ3) is 3.38. The summed E-state index contributed by atoms with van der Waals surface area (Å²) in [7, 11) is 0. The van der Waals surface area contributed by atoms with Crippen molar-refractivity contribution in [2.24, 2.45) is 0 Å². The number of aryl methyl sites for hydroxylation is 1. The lowest BCUT2D eigenvalue weighted by atomic mass is 9.87. The number of aromatic nitrogens is 3. The number of hydrogen-bond acceptors (Lipinski definition) is 5. The van der Waals surface area contributed by atoms with Crippen LogP contribution in [0.2, 0.25) is 0 Å². The molecule has 0 radical (unpaired) electrons. The van der Waals surface area contributed by atoms with E-state index in [1.807, 2.05) is 17.6 Å². The summed E-state index contributed by atoms with van der Waals surface area (Å²) < 4.78 is 15.2. The third-order valence-corrected chi connectivity index (χ3v) is 5.73. The van der Waals surface area contributed by atoms with Gasteiger partial charge >= 0.3 is 0 Å². The average Bonchev–Trinajstić information content (AvgIpc) is 3.37. The van der Waals surface area contributed by atoms with Crippen LogP contribution in [0.15, 0.2) is 42.0 Å². The Labute approximate surface area is 160 Å². The number of halogens is 1. The lowest BCUT2D eigenvalue weighted by Crippen LogP contribution is -2.52. The first kappa shape index (κ1) is 17.8. The number of carbonyl (C=O) groups excluding carboxylic acids is 1. The monoisotopic (exact) mass is 385 g/mol. The number of nitrogens with zero attached hydrogens (tertiary/aromatic N) is 3. The molecule has 1 saturated heterocycles. The topological polar surface area (TPSA) is 71.8 Å². The lowest BCUT2D eigenvalue weighted by Gasteiger charge is -2.36. The summed E-state index contributed by atoms with van der Waals surface area (Å²) in [6, 6.07) is 6.72. The maximum Gasteiger partial charge on any atom is 0.254 e. The molecule has 0 aliphatic carbocycles. The molecule has 0 atom stereocenters. The molecule has 6 nitrogen and oxygen atoms in total. The highest BCUT2D eigenvalue weighted by Crippen LogP contribution is 2.31. The molecule has 0 bridgehead atoms. The first-order valence-electron chi connectivity index (χ1n) is 8.83. The minimum Gasteiger partial charge on any atom is -0.317 e. The first-order valence-corrected chi connectivity index (χ1v) is 9.71. The zero-order chi connectivity index (χ0) is 18.9. The Morgan fingerprint density at radius 3 is 2.89 bits per heavy atom. The molecule has 27 heavy (non-hydrogen) atoms. The van der Waals surface area contributed by atoms with E-state index in [2.05, 4.69) is 20.7 Å². The fraction of sp³-hybridized carbons (Fsp3) is 0.316. The molecule has 2 aromatic heterocycles. The van der Waals surface area contributed by atoms with Crippen LogP contribution in [0, 0.1) is 12.7 Å². The van der Waals surface area contributed by atoms with Gasteiger partial charge < -0.3 is 5.32 Å². The molecule has 8 heteroatoms. The molecule has 3 heterocycles. The van der Waals surface area contributed by atoms with Gasteiger partial charge in [-0.25, -0.2) is 9.37 Å². The maximum absolute atomic E-state index is 13.5. The lowest BCUT2D eigenvalue weighted by molar-refractivity contribution is -0.126. The van der Waals surface area contributed by atoms with Crippen LogP contribution in [0.1, 0.15) is 18.4 Å². The summed E-state index contributed by atoms with van der Waals surface area (Å²) in [5, 5.41) is 13.0. The number of rotatable bonds is 4.